The molecule has 0 aromatic heterocycles. The molecule has 4 nitrogen and oxygen atoms in total. The van der Waals surface area contributed by atoms with E-state index in [9.17, 15) is 4.79 Å². The summed E-state index contributed by atoms with van der Waals surface area (Å²) >= 11 is 11.1. The number of benzene rings is 3. The molecule has 3 rings (SSSR count). The largest absolute Gasteiger partial charge is 0.356 e. The predicted octanol–water partition coefficient (Wildman–Crippen LogP) is 5.21. The third-order valence-electron chi connectivity index (χ3n) is 3.52. The molecular formula is C20H16ClN3OS. The van der Waals surface area contributed by atoms with Gasteiger partial charge in [0, 0.05) is 27.6 Å². The zero-order valence-corrected chi connectivity index (χ0v) is 15.3. The van der Waals surface area contributed by atoms with Crippen LogP contribution in [-0.4, -0.2) is 11.0 Å². The fourth-order valence-electron chi connectivity index (χ4n) is 2.29. The van der Waals surface area contributed by atoms with Crippen molar-refractivity contribution >= 4 is 51.9 Å². The minimum atomic E-state index is -0.313. The van der Waals surface area contributed by atoms with Gasteiger partial charge in [-0.05, 0) is 66.8 Å². The first-order valence-electron chi connectivity index (χ1n) is 7.90. The van der Waals surface area contributed by atoms with Crippen LogP contribution in [0.25, 0.3) is 0 Å². The van der Waals surface area contributed by atoms with Gasteiger partial charge in [-0.25, -0.2) is 0 Å². The van der Waals surface area contributed by atoms with E-state index in [4.69, 9.17) is 23.8 Å². The number of amides is 1. The zero-order valence-electron chi connectivity index (χ0n) is 13.7. The maximum atomic E-state index is 12.1. The fraction of sp³-hybridized carbons (Fsp3) is 0. The molecule has 0 radical (unpaired) electrons. The van der Waals surface area contributed by atoms with E-state index in [0.29, 0.717) is 10.6 Å². The predicted molar refractivity (Wildman–Crippen MR) is 111 cm³/mol. The Kier molecular flexibility index (Phi) is 5.84. The number of halogens is 1. The van der Waals surface area contributed by atoms with Crippen LogP contribution in [0.3, 0.4) is 0 Å². The highest BCUT2D eigenvalue weighted by Gasteiger charge is 2.08. The van der Waals surface area contributed by atoms with Gasteiger partial charge in [-0.2, -0.15) is 0 Å². The molecule has 0 aliphatic rings. The second-order valence-corrected chi connectivity index (χ2v) is 6.33. The molecule has 0 spiro atoms. The van der Waals surface area contributed by atoms with Gasteiger partial charge in [0.15, 0.2) is 5.11 Å². The number of carbonyl (C=O) groups is 1. The summed E-state index contributed by atoms with van der Waals surface area (Å²) in [6, 6.07) is 24.2. The first-order valence-corrected chi connectivity index (χ1v) is 8.69. The lowest BCUT2D eigenvalue weighted by molar-refractivity contribution is 0.0977. The van der Waals surface area contributed by atoms with Crippen LogP contribution in [0.5, 0.6) is 0 Å². The quantitative estimate of drug-likeness (QED) is 0.543. The molecule has 0 aliphatic heterocycles. The molecule has 0 saturated heterocycles. The number of nitrogens with one attached hydrogen (secondary N) is 3. The van der Waals surface area contributed by atoms with Crippen LogP contribution in [0.15, 0.2) is 78.9 Å². The van der Waals surface area contributed by atoms with Gasteiger partial charge in [-0.15, -0.1) is 0 Å². The van der Waals surface area contributed by atoms with E-state index >= 15 is 0 Å². The van der Waals surface area contributed by atoms with Gasteiger partial charge in [0.2, 0.25) is 0 Å². The number of carbonyl (C=O) groups excluding carboxylic acids is 1. The molecule has 1 amide bonds. The van der Waals surface area contributed by atoms with E-state index in [1.54, 1.807) is 24.3 Å². The molecule has 0 bridgehead atoms. The van der Waals surface area contributed by atoms with Crippen molar-refractivity contribution in [3.05, 3.63) is 89.4 Å². The van der Waals surface area contributed by atoms with Crippen LogP contribution < -0.4 is 16.0 Å². The Balaban J connectivity index is 1.56. The molecule has 0 fully saturated rings. The fourth-order valence-corrected chi connectivity index (χ4v) is 2.69. The summed E-state index contributed by atoms with van der Waals surface area (Å²) in [7, 11) is 0. The SMILES string of the molecule is O=C(NC(=S)Nc1ccc(Nc2ccccc2)cc1)c1cccc(Cl)c1. The van der Waals surface area contributed by atoms with E-state index < -0.39 is 0 Å². The van der Waals surface area contributed by atoms with Crippen LogP contribution in [0.1, 0.15) is 10.4 Å². The molecule has 3 aromatic rings. The summed E-state index contributed by atoms with van der Waals surface area (Å²) in [6.07, 6.45) is 0. The average Bonchev–Trinajstić information content (AvgIpc) is 2.64. The van der Waals surface area contributed by atoms with E-state index in [1.807, 2.05) is 54.6 Å². The van der Waals surface area contributed by atoms with Crippen LogP contribution >= 0.6 is 23.8 Å². The number of hydrogen-bond donors (Lipinski definition) is 3. The molecule has 0 atom stereocenters. The third-order valence-corrected chi connectivity index (χ3v) is 3.96. The topological polar surface area (TPSA) is 53.2 Å². The molecule has 6 heteroatoms. The lowest BCUT2D eigenvalue weighted by atomic mass is 10.2. The van der Waals surface area contributed by atoms with Crippen molar-refractivity contribution in [2.24, 2.45) is 0 Å². The molecule has 0 aliphatic carbocycles. The van der Waals surface area contributed by atoms with Crippen molar-refractivity contribution in [1.82, 2.24) is 5.32 Å². The highest BCUT2D eigenvalue weighted by atomic mass is 35.5. The lowest BCUT2D eigenvalue weighted by Crippen LogP contribution is -2.34. The third kappa shape index (κ3) is 5.05. The van der Waals surface area contributed by atoms with Crippen LogP contribution in [0.2, 0.25) is 5.02 Å². The number of hydrogen-bond acceptors (Lipinski definition) is 3. The molecule has 0 unspecified atom stereocenters. The minimum absolute atomic E-state index is 0.221. The molecule has 130 valence electrons. The molecule has 0 saturated carbocycles. The van der Waals surface area contributed by atoms with E-state index in [2.05, 4.69) is 16.0 Å². The molecule has 3 aromatic carbocycles. The number of rotatable bonds is 4. The Morgan fingerprint density at radius 1 is 0.808 bits per heavy atom. The Labute approximate surface area is 162 Å². The minimum Gasteiger partial charge on any atom is -0.356 e. The summed E-state index contributed by atoms with van der Waals surface area (Å²) in [5.74, 6) is -0.313. The van der Waals surface area contributed by atoms with Crippen LogP contribution in [0, 0.1) is 0 Å². The number of anilines is 3. The summed E-state index contributed by atoms with van der Waals surface area (Å²) in [5.41, 5.74) is 3.19. The summed E-state index contributed by atoms with van der Waals surface area (Å²) in [6.45, 7) is 0. The molecule has 26 heavy (non-hydrogen) atoms. The van der Waals surface area contributed by atoms with E-state index in [0.717, 1.165) is 17.1 Å². The van der Waals surface area contributed by atoms with Crippen molar-refractivity contribution < 1.29 is 4.79 Å². The second kappa shape index (κ2) is 8.47. The van der Waals surface area contributed by atoms with Crippen molar-refractivity contribution in [2.45, 2.75) is 0 Å². The molecule has 3 N–H and O–H groups in total. The standard InChI is InChI=1S/C20H16ClN3OS/c21-15-6-4-5-14(13-15)19(25)24-20(26)23-18-11-9-17(10-12-18)22-16-7-2-1-3-8-16/h1-13,22H,(H2,23,24,25,26). The van der Waals surface area contributed by atoms with Gasteiger partial charge < -0.3 is 10.6 Å². The first kappa shape index (κ1) is 17.9. The molecule has 0 heterocycles. The molecular weight excluding hydrogens is 366 g/mol. The number of para-hydroxylation sites is 1. The van der Waals surface area contributed by atoms with Gasteiger partial charge in [-0.3, -0.25) is 10.1 Å². The zero-order chi connectivity index (χ0) is 18.4. The van der Waals surface area contributed by atoms with E-state index in [1.165, 1.54) is 0 Å². The van der Waals surface area contributed by atoms with Crippen molar-refractivity contribution in [1.29, 1.82) is 0 Å². The summed E-state index contributed by atoms with van der Waals surface area (Å²) in [5, 5.41) is 9.64. The Morgan fingerprint density at radius 2 is 1.46 bits per heavy atom. The Hall–Kier alpha value is -2.89. The average molecular weight is 382 g/mol. The summed E-state index contributed by atoms with van der Waals surface area (Å²) < 4.78 is 0. The first-order chi connectivity index (χ1) is 12.6. The second-order valence-electron chi connectivity index (χ2n) is 5.49. The number of thiocarbonyl (C=S) groups is 1. The van der Waals surface area contributed by atoms with Gasteiger partial charge in [0.1, 0.15) is 0 Å². The van der Waals surface area contributed by atoms with Gasteiger partial charge >= 0.3 is 0 Å². The summed E-state index contributed by atoms with van der Waals surface area (Å²) in [4.78, 5) is 12.1. The highest BCUT2D eigenvalue weighted by molar-refractivity contribution is 7.80. The van der Waals surface area contributed by atoms with Crippen molar-refractivity contribution in [3.8, 4) is 0 Å². The van der Waals surface area contributed by atoms with Crippen LogP contribution in [-0.2, 0) is 0 Å². The smallest absolute Gasteiger partial charge is 0.257 e. The lowest BCUT2D eigenvalue weighted by Gasteiger charge is -2.11. The maximum Gasteiger partial charge on any atom is 0.257 e. The normalized spacial score (nSPS) is 10.0. The van der Waals surface area contributed by atoms with E-state index in [-0.39, 0.29) is 11.0 Å². The maximum absolute atomic E-state index is 12.1. The Bertz CT molecular complexity index is 914. The Morgan fingerprint density at radius 3 is 2.15 bits per heavy atom. The monoisotopic (exact) mass is 381 g/mol. The van der Waals surface area contributed by atoms with Crippen LogP contribution in [0.4, 0.5) is 17.1 Å². The van der Waals surface area contributed by atoms with Crippen molar-refractivity contribution in [2.75, 3.05) is 10.6 Å². The van der Waals surface area contributed by atoms with Gasteiger partial charge in [-0.1, -0.05) is 35.9 Å². The van der Waals surface area contributed by atoms with Gasteiger partial charge in [0.25, 0.3) is 5.91 Å². The highest BCUT2D eigenvalue weighted by Crippen LogP contribution is 2.18. The van der Waals surface area contributed by atoms with Crippen molar-refractivity contribution in [3.63, 3.8) is 0 Å². The van der Waals surface area contributed by atoms with Gasteiger partial charge in [0.05, 0.1) is 0 Å².